The molecule has 1 aromatic rings. The third kappa shape index (κ3) is 2.58. The van der Waals surface area contributed by atoms with Gasteiger partial charge in [0.05, 0.1) is 5.54 Å². The molecular weight excluding hydrogens is 254 g/mol. The maximum Gasteiger partial charge on any atom is 0.112 e. The van der Waals surface area contributed by atoms with Crippen LogP contribution in [0.3, 0.4) is 0 Å². The number of nitrogens with zero attached hydrogens (tertiary/aromatic N) is 2. The maximum absolute atomic E-state index is 4.55. The summed E-state index contributed by atoms with van der Waals surface area (Å²) in [6, 6.07) is 0. The summed E-state index contributed by atoms with van der Waals surface area (Å²) in [6.45, 7) is 8.09. The highest BCUT2D eigenvalue weighted by molar-refractivity contribution is 7.09. The normalized spacial score (nSPS) is 24.7. The van der Waals surface area contributed by atoms with Crippen LogP contribution in [-0.2, 0) is 5.54 Å². The Morgan fingerprint density at radius 3 is 2.79 bits per heavy atom. The van der Waals surface area contributed by atoms with Crippen molar-refractivity contribution in [2.75, 3.05) is 19.6 Å². The fourth-order valence-electron chi connectivity index (χ4n) is 3.66. The number of nitrogens with one attached hydrogen (secondary N) is 1. The quantitative estimate of drug-likeness (QED) is 0.902. The lowest BCUT2D eigenvalue weighted by molar-refractivity contribution is 0.0275. The van der Waals surface area contributed by atoms with E-state index < -0.39 is 0 Å². The van der Waals surface area contributed by atoms with Crippen LogP contribution in [-0.4, -0.2) is 35.1 Å². The molecular formula is C15H25N3S. The van der Waals surface area contributed by atoms with Gasteiger partial charge in [0.1, 0.15) is 5.01 Å². The van der Waals surface area contributed by atoms with Crippen LogP contribution in [0.5, 0.6) is 0 Å². The lowest BCUT2D eigenvalue weighted by Gasteiger charge is -2.50. The molecule has 1 aliphatic heterocycles. The Labute approximate surface area is 120 Å². The molecule has 1 saturated carbocycles. The largest absolute Gasteiger partial charge is 0.309 e. The van der Waals surface area contributed by atoms with Crippen LogP contribution in [0, 0.1) is 0 Å². The van der Waals surface area contributed by atoms with Gasteiger partial charge in [0.15, 0.2) is 0 Å². The van der Waals surface area contributed by atoms with Crippen molar-refractivity contribution in [2.45, 2.75) is 57.0 Å². The Morgan fingerprint density at radius 2 is 2.11 bits per heavy atom. The molecule has 1 saturated heterocycles. The molecule has 0 amide bonds. The molecule has 0 bridgehead atoms. The van der Waals surface area contributed by atoms with E-state index in [2.05, 4.69) is 34.4 Å². The monoisotopic (exact) mass is 279 g/mol. The van der Waals surface area contributed by atoms with Crippen molar-refractivity contribution >= 4 is 11.3 Å². The van der Waals surface area contributed by atoms with Crippen molar-refractivity contribution in [1.82, 2.24) is 15.2 Å². The second kappa shape index (κ2) is 5.15. The van der Waals surface area contributed by atoms with Gasteiger partial charge >= 0.3 is 0 Å². The molecule has 2 heterocycles. The van der Waals surface area contributed by atoms with E-state index in [1.807, 2.05) is 6.20 Å². The van der Waals surface area contributed by atoms with E-state index in [9.17, 15) is 0 Å². The molecule has 2 aliphatic rings. The van der Waals surface area contributed by atoms with E-state index in [4.69, 9.17) is 0 Å². The summed E-state index contributed by atoms with van der Waals surface area (Å²) < 4.78 is 0. The minimum atomic E-state index is 0.0702. The number of rotatable bonds is 2. The molecule has 2 fully saturated rings. The Hall–Kier alpha value is -0.450. The maximum atomic E-state index is 4.55. The van der Waals surface area contributed by atoms with Gasteiger partial charge in [-0.1, -0.05) is 19.3 Å². The highest BCUT2D eigenvalue weighted by atomic mass is 32.1. The lowest BCUT2D eigenvalue weighted by atomic mass is 9.79. The molecule has 106 valence electrons. The predicted octanol–water partition coefficient (Wildman–Crippen LogP) is 2.99. The molecule has 0 atom stereocenters. The molecule has 4 heteroatoms. The summed E-state index contributed by atoms with van der Waals surface area (Å²) in [5.41, 5.74) is 0.450. The van der Waals surface area contributed by atoms with Gasteiger partial charge in [-0.25, -0.2) is 4.98 Å². The average Bonchev–Trinajstić information content (AvgIpc) is 2.94. The molecule has 19 heavy (non-hydrogen) atoms. The Morgan fingerprint density at radius 1 is 1.32 bits per heavy atom. The first-order valence-electron chi connectivity index (χ1n) is 7.53. The Balaban J connectivity index is 1.77. The van der Waals surface area contributed by atoms with E-state index in [0.29, 0.717) is 5.54 Å². The molecule has 1 aromatic heterocycles. The smallest absolute Gasteiger partial charge is 0.112 e. The van der Waals surface area contributed by atoms with Gasteiger partial charge in [-0.05, 0) is 26.7 Å². The van der Waals surface area contributed by atoms with Gasteiger partial charge in [0.25, 0.3) is 0 Å². The second-order valence-corrected chi connectivity index (χ2v) is 7.48. The van der Waals surface area contributed by atoms with Crippen LogP contribution in [0.1, 0.15) is 51.0 Å². The Bertz CT molecular complexity index is 402. The van der Waals surface area contributed by atoms with Gasteiger partial charge in [0.2, 0.25) is 0 Å². The third-order valence-electron chi connectivity index (χ3n) is 4.93. The predicted molar refractivity (Wildman–Crippen MR) is 80.5 cm³/mol. The SMILES string of the molecule is CC(C)(c1nccs1)N1CCNC2(CCCCC2)C1. The van der Waals surface area contributed by atoms with E-state index >= 15 is 0 Å². The van der Waals surface area contributed by atoms with Crippen molar-refractivity contribution in [1.29, 1.82) is 0 Å². The fraction of sp³-hybridized carbons (Fsp3) is 0.800. The minimum absolute atomic E-state index is 0.0702. The first-order valence-corrected chi connectivity index (χ1v) is 8.40. The summed E-state index contributed by atoms with van der Waals surface area (Å²) in [4.78, 5) is 7.20. The molecule has 3 nitrogen and oxygen atoms in total. The highest BCUT2D eigenvalue weighted by Gasteiger charge is 2.41. The van der Waals surface area contributed by atoms with E-state index in [-0.39, 0.29) is 5.54 Å². The number of piperazine rings is 1. The van der Waals surface area contributed by atoms with Crippen LogP contribution in [0.2, 0.25) is 0 Å². The molecule has 0 aromatic carbocycles. The summed E-state index contributed by atoms with van der Waals surface area (Å²) in [6.07, 6.45) is 8.81. The summed E-state index contributed by atoms with van der Waals surface area (Å²) in [5.74, 6) is 0. The lowest BCUT2D eigenvalue weighted by Crippen LogP contribution is -2.64. The summed E-state index contributed by atoms with van der Waals surface area (Å²) in [5, 5.41) is 7.17. The van der Waals surface area contributed by atoms with Crippen LogP contribution < -0.4 is 5.32 Å². The minimum Gasteiger partial charge on any atom is -0.309 e. The second-order valence-electron chi connectivity index (χ2n) is 6.59. The first kappa shape index (κ1) is 13.5. The third-order valence-corrected chi connectivity index (χ3v) is 6.02. The standard InChI is InChI=1S/C15H25N3S/c1-14(2,13-16-9-11-19-13)18-10-8-17-15(12-18)6-4-3-5-7-15/h9,11,17H,3-8,10,12H2,1-2H3. The highest BCUT2D eigenvalue weighted by Crippen LogP contribution is 2.36. The van der Waals surface area contributed by atoms with Crippen molar-refractivity contribution in [3.8, 4) is 0 Å². The van der Waals surface area contributed by atoms with Crippen LogP contribution in [0.15, 0.2) is 11.6 Å². The van der Waals surface area contributed by atoms with E-state index in [1.165, 1.54) is 43.7 Å². The number of hydrogen-bond acceptors (Lipinski definition) is 4. The van der Waals surface area contributed by atoms with Crippen LogP contribution in [0.4, 0.5) is 0 Å². The number of hydrogen-bond donors (Lipinski definition) is 1. The van der Waals surface area contributed by atoms with Crippen molar-refractivity contribution < 1.29 is 0 Å². The van der Waals surface area contributed by atoms with Gasteiger partial charge < -0.3 is 5.32 Å². The van der Waals surface area contributed by atoms with Crippen molar-refractivity contribution in [3.63, 3.8) is 0 Å². The van der Waals surface area contributed by atoms with Crippen molar-refractivity contribution in [3.05, 3.63) is 16.6 Å². The van der Waals surface area contributed by atoms with Crippen LogP contribution >= 0.6 is 11.3 Å². The molecule has 1 N–H and O–H groups in total. The topological polar surface area (TPSA) is 28.2 Å². The van der Waals surface area contributed by atoms with Gasteiger partial charge in [0, 0.05) is 36.8 Å². The molecule has 3 rings (SSSR count). The molecule has 1 aliphatic carbocycles. The van der Waals surface area contributed by atoms with Crippen LogP contribution in [0.25, 0.3) is 0 Å². The molecule has 0 radical (unpaired) electrons. The van der Waals surface area contributed by atoms with Gasteiger partial charge in [-0.3, -0.25) is 4.90 Å². The summed E-state index contributed by atoms with van der Waals surface area (Å²) >= 11 is 1.79. The van der Waals surface area contributed by atoms with E-state index in [0.717, 1.165) is 13.1 Å². The van der Waals surface area contributed by atoms with Crippen molar-refractivity contribution in [2.24, 2.45) is 0 Å². The van der Waals surface area contributed by atoms with Gasteiger partial charge in [-0.2, -0.15) is 0 Å². The Kier molecular flexibility index (Phi) is 3.67. The zero-order valence-corrected chi connectivity index (χ0v) is 12.9. The average molecular weight is 279 g/mol. The number of thiazole rings is 1. The fourth-order valence-corrected chi connectivity index (χ4v) is 4.45. The van der Waals surface area contributed by atoms with E-state index in [1.54, 1.807) is 11.3 Å². The first-order chi connectivity index (χ1) is 9.12. The summed E-state index contributed by atoms with van der Waals surface area (Å²) in [7, 11) is 0. The molecule has 0 unspecified atom stereocenters. The number of aromatic nitrogens is 1. The zero-order chi connectivity index (χ0) is 13.3. The zero-order valence-electron chi connectivity index (χ0n) is 12.1. The molecule has 1 spiro atoms. The van der Waals surface area contributed by atoms with Gasteiger partial charge in [-0.15, -0.1) is 11.3 Å².